The highest BCUT2D eigenvalue weighted by molar-refractivity contribution is 6.04. The van der Waals surface area contributed by atoms with Crippen LogP contribution in [0.15, 0.2) is 41.5 Å². The molecule has 3 aromatic heterocycles. The molecule has 0 unspecified atom stereocenters. The van der Waals surface area contributed by atoms with E-state index in [9.17, 15) is 31.5 Å². The van der Waals surface area contributed by atoms with Crippen molar-refractivity contribution < 1.29 is 31.5 Å². The number of nitrogens with one attached hydrogen (secondary N) is 1. The highest BCUT2D eigenvalue weighted by Crippen LogP contribution is 2.41. The van der Waals surface area contributed by atoms with Crippen molar-refractivity contribution in [3.05, 3.63) is 81.0 Å². The maximum absolute atomic E-state index is 14.0. The number of carbonyl (C=O) groups excluding carboxylic acids is 1. The van der Waals surface area contributed by atoms with E-state index in [2.05, 4.69) is 15.0 Å². The second-order valence-corrected chi connectivity index (χ2v) is 7.74. The summed E-state index contributed by atoms with van der Waals surface area (Å²) >= 11 is 0. The number of H-pyrrole nitrogens is 1. The van der Waals surface area contributed by atoms with Crippen molar-refractivity contribution in [3.63, 3.8) is 0 Å². The Balaban J connectivity index is 2.00. The van der Waals surface area contributed by atoms with Crippen LogP contribution in [0.4, 0.5) is 22.0 Å². The van der Waals surface area contributed by atoms with Crippen molar-refractivity contribution in [2.75, 3.05) is 0 Å². The third kappa shape index (κ3) is 4.25. The molecule has 0 aliphatic rings. The molecule has 35 heavy (non-hydrogen) atoms. The Morgan fingerprint density at radius 1 is 1.03 bits per heavy atom. The van der Waals surface area contributed by atoms with Gasteiger partial charge in [-0.1, -0.05) is 0 Å². The van der Waals surface area contributed by atoms with Gasteiger partial charge in [0, 0.05) is 30.3 Å². The molecule has 0 atom stereocenters. The zero-order chi connectivity index (χ0) is 25.7. The van der Waals surface area contributed by atoms with Crippen LogP contribution >= 0.6 is 0 Å². The third-order valence-electron chi connectivity index (χ3n) is 5.41. The van der Waals surface area contributed by atoms with Gasteiger partial charge in [0.2, 0.25) is 0 Å². The lowest BCUT2D eigenvalue weighted by Crippen LogP contribution is -2.14. The Morgan fingerprint density at radius 2 is 1.74 bits per heavy atom. The lowest BCUT2D eigenvalue weighted by atomic mass is 10.0. The smallest absolute Gasteiger partial charge is 0.433 e. The van der Waals surface area contributed by atoms with Crippen molar-refractivity contribution in [2.45, 2.75) is 26.9 Å². The first-order chi connectivity index (χ1) is 16.4. The summed E-state index contributed by atoms with van der Waals surface area (Å²) < 4.78 is 74.1. The molecule has 4 rings (SSSR count). The number of ether oxygens (including phenoxy) is 1. The van der Waals surface area contributed by atoms with Crippen LogP contribution in [0.5, 0.6) is 11.5 Å². The molecule has 1 aromatic carbocycles. The molecule has 11 heteroatoms. The highest BCUT2D eigenvalue weighted by Gasteiger charge is 2.36. The van der Waals surface area contributed by atoms with Crippen LogP contribution in [0.2, 0.25) is 0 Å². The molecule has 0 saturated heterocycles. The van der Waals surface area contributed by atoms with Gasteiger partial charge in [-0.2, -0.15) is 13.2 Å². The highest BCUT2D eigenvalue weighted by atomic mass is 19.4. The molecule has 4 aromatic rings. The molecule has 0 aliphatic heterocycles. The van der Waals surface area contributed by atoms with Crippen LogP contribution in [0.1, 0.15) is 34.2 Å². The fourth-order valence-corrected chi connectivity index (χ4v) is 3.75. The Bertz CT molecular complexity index is 1560. The summed E-state index contributed by atoms with van der Waals surface area (Å²) in [5.41, 5.74) is -2.63. The largest absolute Gasteiger partial charge is 0.455 e. The number of alkyl halides is 3. The average molecular weight is 489 g/mol. The van der Waals surface area contributed by atoms with Crippen molar-refractivity contribution in [1.29, 1.82) is 0 Å². The fraction of sp³-hybridized carbons (Fsp3) is 0.167. The molecule has 6 nitrogen and oxygen atoms in total. The number of aromatic amines is 1. The van der Waals surface area contributed by atoms with Gasteiger partial charge >= 0.3 is 6.18 Å². The van der Waals surface area contributed by atoms with Gasteiger partial charge in [-0.15, -0.1) is 0 Å². The number of aromatic nitrogens is 3. The lowest BCUT2D eigenvalue weighted by Gasteiger charge is -2.19. The first-order valence-electron chi connectivity index (χ1n) is 10.1. The van der Waals surface area contributed by atoms with E-state index in [1.165, 1.54) is 26.1 Å². The summed E-state index contributed by atoms with van der Waals surface area (Å²) in [6, 6.07) is 4.35. The molecule has 0 amide bonds. The van der Waals surface area contributed by atoms with Gasteiger partial charge in [-0.25, -0.2) is 13.8 Å². The van der Waals surface area contributed by atoms with E-state index in [0.717, 1.165) is 31.3 Å². The SMILES string of the molecule is CC(=O)c1nccc2[nH]c(-c3c(Oc4ccc(F)c(F)c4C)cnc(C(F)(F)F)c3C)cc(=O)c12. The quantitative estimate of drug-likeness (QED) is 0.285. The maximum Gasteiger partial charge on any atom is 0.433 e. The normalized spacial score (nSPS) is 11.7. The topological polar surface area (TPSA) is 84.9 Å². The van der Waals surface area contributed by atoms with Gasteiger partial charge in [-0.3, -0.25) is 14.6 Å². The average Bonchev–Trinajstić information content (AvgIpc) is 2.78. The number of pyridine rings is 3. The molecule has 0 saturated carbocycles. The van der Waals surface area contributed by atoms with Crippen molar-refractivity contribution in [1.82, 2.24) is 15.0 Å². The summed E-state index contributed by atoms with van der Waals surface area (Å²) in [4.78, 5) is 35.0. The van der Waals surface area contributed by atoms with Gasteiger partial charge in [0.1, 0.15) is 17.1 Å². The predicted molar refractivity (Wildman–Crippen MR) is 117 cm³/mol. The first-order valence-corrected chi connectivity index (χ1v) is 10.1. The van der Waals surface area contributed by atoms with Gasteiger partial charge in [-0.05, 0) is 37.6 Å². The number of benzene rings is 1. The molecule has 0 fully saturated rings. The van der Waals surface area contributed by atoms with E-state index < -0.39 is 34.7 Å². The van der Waals surface area contributed by atoms with Crippen LogP contribution in [-0.2, 0) is 6.18 Å². The Labute approximate surface area is 194 Å². The number of ketones is 1. The standard InChI is InChI=1S/C24H16F5N3O3/c1-10-17(5-4-13(25)21(10)26)35-18-9-31-23(24(27,28)29)11(2)19(18)15-8-16(34)20-14(32-15)6-7-30-22(20)12(3)33/h4-9H,1-3H3,(H,32,34). The minimum Gasteiger partial charge on any atom is -0.455 e. The van der Waals surface area contributed by atoms with Crippen LogP contribution in [-0.4, -0.2) is 20.7 Å². The summed E-state index contributed by atoms with van der Waals surface area (Å²) in [7, 11) is 0. The molecular formula is C24H16F5N3O3. The zero-order valence-electron chi connectivity index (χ0n) is 18.5. The summed E-state index contributed by atoms with van der Waals surface area (Å²) in [6.07, 6.45) is -2.75. The molecule has 0 aliphatic carbocycles. The Morgan fingerprint density at radius 3 is 2.40 bits per heavy atom. The summed E-state index contributed by atoms with van der Waals surface area (Å²) in [5.74, 6) is -3.15. The predicted octanol–water partition coefficient (Wildman–Crippen LogP) is 5.89. The van der Waals surface area contributed by atoms with Gasteiger partial charge in [0.15, 0.2) is 28.6 Å². The number of hydrogen-bond acceptors (Lipinski definition) is 5. The van der Waals surface area contributed by atoms with E-state index in [0.29, 0.717) is 0 Å². The number of hydrogen-bond donors (Lipinski definition) is 1. The monoisotopic (exact) mass is 489 g/mol. The molecule has 0 bridgehead atoms. The molecule has 0 spiro atoms. The number of carbonyl (C=O) groups is 1. The van der Waals surface area contributed by atoms with Crippen molar-refractivity contribution >= 4 is 16.7 Å². The van der Waals surface area contributed by atoms with Crippen LogP contribution < -0.4 is 10.2 Å². The van der Waals surface area contributed by atoms with E-state index in [4.69, 9.17) is 4.74 Å². The number of nitrogens with zero attached hydrogens (tertiary/aromatic N) is 2. The van der Waals surface area contributed by atoms with E-state index >= 15 is 0 Å². The Hall–Kier alpha value is -4.15. The molecule has 1 N–H and O–H groups in total. The summed E-state index contributed by atoms with van der Waals surface area (Å²) in [6.45, 7) is 3.62. The van der Waals surface area contributed by atoms with Crippen LogP contribution in [0, 0.1) is 25.5 Å². The third-order valence-corrected chi connectivity index (χ3v) is 5.41. The molecule has 3 heterocycles. The van der Waals surface area contributed by atoms with Crippen LogP contribution in [0.25, 0.3) is 22.2 Å². The van der Waals surface area contributed by atoms with E-state index in [1.807, 2.05) is 0 Å². The van der Waals surface area contributed by atoms with E-state index in [-0.39, 0.29) is 50.5 Å². The number of fused-ring (bicyclic) bond motifs is 1. The second-order valence-electron chi connectivity index (χ2n) is 7.74. The molecule has 0 radical (unpaired) electrons. The fourth-order valence-electron chi connectivity index (χ4n) is 3.75. The van der Waals surface area contributed by atoms with Crippen molar-refractivity contribution in [3.8, 4) is 22.8 Å². The number of rotatable bonds is 4. The van der Waals surface area contributed by atoms with Crippen LogP contribution in [0.3, 0.4) is 0 Å². The first kappa shape index (κ1) is 24.0. The second kappa shape index (κ2) is 8.57. The van der Waals surface area contributed by atoms with Gasteiger partial charge < -0.3 is 9.72 Å². The minimum atomic E-state index is -4.82. The van der Waals surface area contributed by atoms with Gasteiger partial charge in [0.05, 0.1) is 22.8 Å². The van der Waals surface area contributed by atoms with E-state index in [1.54, 1.807) is 0 Å². The number of Topliss-reactive ketones (excluding diaryl/α,β-unsaturated/α-hetero) is 1. The van der Waals surface area contributed by atoms with Crippen molar-refractivity contribution in [2.24, 2.45) is 0 Å². The lowest BCUT2D eigenvalue weighted by molar-refractivity contribution is -0.141. The Kier molecular flexibility index (Phi) is 5.87. The maximum atomic E-state index is 14.0. The molecule has 180 valence electrons. The zero-order valence-corrected chi connectivity index (χ0v) is 18.5. The van der Waals surface area contributed by atoms with Gasteiger partial charge in [0.25, 0.3) is 0 Å². The molecular weight excluding hydrogens is 473 g/mol. The minimum absolute atomic E-state index is 0.0228. The summed E-state index contributed by atoms with van der Waals surface area (Å²) in [5, 5.41) is -0.0228. The number of halogens is 5.